The van der Waals surface area contributed by atoms with Crippen LogP contribution < -0.4 is 9.80 Å². The van der Waals surface area contributed by atoms with E-state index in [-0.39, 0.29) is 19.7 Å². The Balaban J connectivity index is 1.35. The highest BCUT2D eigenvalue weighted by molar-refractivity contribution is 8.04. The standard InChI is InChI=1S/C38H38N4O4S2/c1-5-17-41-36(43)34(37(44)42(38(41)45)18-19-46-4)27(22-32-39(3)35-28-14-10-9-11-24(28)15-16-30(35)47-32)23-33-40(6-2)29-20-25-12-7-8-13-26(25)21-31(29)48-33/h7-16,20-23,27,34H,5-6,17-19H2,1-4H3/b32-22-,33-23-. The van der Waals surface area contributed by atoms with Crippen LogP contribution in [0.3, 0.4) is 0 Å². The third-order valence-corrected chi connectivity index (χ3v) is 11.5. The summed E-state index contributed by atoms with van der Waals surface area (Å²) in [5.41, 5.74) is 2.21. The zero-order valence-corrected chi connectivity index (χ0v) is 29.1. The van der Waals surface area contributed by atoms with Crippen molar-refractivity contribution in [3.63, 3.8) is 0 Å². The van der Waals surface area contributed by atoms with E-state index >= 15 is 0 Å². The molecule has 4 aromatic carbocycles. The summed E-state index contributed by atoms with van der Waals surface area (Å²) in [6.07, 6.45) is 4.71. The minimum absolute atomic E-state index is 0.0813. The highest BCUT2D eigenvalue weighted by Gasteiger charge is 2.48. The van der Waals surface area contributed by atoms with Crippen LogP contribution >= 0.6 is 23.5 Å². The number of amides is 4. The van der Waals surface area contributed by atoms with Crippen LogP contribution in [0, 0.1) is 11.8 Å². The van der Waals surface area contributed by atoms with Crippen LogP contribution in [0.1, 0.15) is 20.3 Å². The van der Waals surface area contributed by atoms with Gasteiger partial charge in [0.2, 0.25) is 11.8 Å². The van der Waals surface area contributed by atoms with E-state index in [0.29, 0.717) is 13.0 Å². The lowest BCUT2D eigenvalue weighted by Crippen LogP contribution is -2.61. The van der Waals surface area contributed by atoms with Crippen molar-refractivity contribution in [2.75, 3.05) is 50.2 Å². The summed E-state index contributed by atoms with van der Waals surface area (Å²) in [4.78, 5) is 51.2. The summed E-state index contributed by atoms with van der Waals surface area (Å²) >= 11 is 3.29. The van der Waals surface area contributed by atoms with E-state index in [4.69, 9.17) is 4.74 Å². The molecule has 0 aliphatic carbocycles. The summed E-state index contributed by atoms with van der Waals surface area (Å²) in [6, 6.07) is 24.7. The number of benzene rings is 4. The smallest absolute Gasteiger partial charge is 0.333 e. The zero-order chi connectivity index (χ0) is 33.5. The predicted octanol–water partition coefficient (Wildman–Crippen LogP) is 7.93. The molecule has 0 bridgehead atoms. The van der Waals surface area contributed by atoms with Gasteiger partial charge in [-0.15, -0.1) is 0 Å². The van der Waals surface area contributed by atoms with Crippen molar-refractivity contribution in [3.05, 3.63) is 95.0 Å². The van der Waals surface area contributed by atoms with Gasteiger partial charge in [0.05, 0.1) is 34.6 Å². The lowest BCUT2D eigenvalue weighted by atomic mass is 9.87. The number of carbonyl (C=O) groups is 3. The molecule has 2 atom stereocenters. The van der Waals surface area contributed by atoms with Crippen LogP contribution in [0.4, 0.5) is 16.2 Å². The largest absolute Gasteiger partial charge is 0.383 e. The lowest BCUT2D eigenvalue weighted by molar-refractivity contribution is -0.150. The van der Waals surface area contributed by atoms with Gasteiger partial charge in [-0.2, -0.15) is 0 Å². The highest BCUT2D eigenvalue weighted by atomic mass is 32.2. The van der Waals surface area contributed by atoms with Crippen molar-refractivity contribution in [1.82, 2.24) is 9.80 Å². The number of carbonyl (C=O) groups excluding carboxylic acids is 3. The molecule has 0 spiro atoms. The summed E-state index contributed by atoms with van der Waals surface area (Å²) in [5, 5.41) is 6.50. The molecule has 1 saturated heterocycles. The molecule has 48 heavy (non-hydrogen) atoms. The van der Waals surface area contributed by atoms with E-state index in [9.17, 15) is 14.4 Å². The van der Waals surface area contributed by atoms with E-state index in [1.807, 2.05) is 38.2 Å². The maximum Gasteiger partial charge on any atom is 0.333 e. The molecule has 3 heterocycles. The van der Waals surface area contributed by atoms with Crippen molar-refractivity contribution in [3.8, 4) is 0 Å². The third-order valence-electron chi connectivity index (χ3n) is 9.21. The Kier molecular flexibility index (Phi) is 8.98. The van der Waals surface area contributed by atoms with Crippen LogP contribution in [0.5, 0.6) is 0 Å². The second-order valence-electron chi connectivity index (χ2n) is 12.1. The fourth-order valence-electron chi connectivity index (χ4n) is 6.83. The Bertz CT molecular complexity index is 2010. The molecule has 1 fully saturated rings. The second-order valence-corrected chi connectivity index (χ2v) is 14.3. The Labute approximate surface area is 289 Å². The number of imide groups is 2. The SMILES string of the molecule is CCCN1C(=O)C(C(/C=C2\Sc3ccc4ccccc4c3N2C)/C=C2\Sc3cc4ccccc4cc3N2CC)C(=O)N(CCOC)C1=O. The number of urea groups is 1. The minimum atomic E-state index is -1.11. The van der Waals surface area contributed by atoms with E-state index in [0.717, 1.165) is 52.8 Å². The topological polar surface area (TPSA) is 73.4 Å². The fraction of sp³-hybridized carbons (Fsp3) is 0.289. The molecular formula is C38H38N4O4S2. The Morgan fingerprint density at radius 3 is 2.12 bits per heavy atom. The molecular weight excluding hydrogens is 641 g/mol. The number of ether oxygens (including phenoxy) is 1. The predicted molar refractivity (Wildman–Crippen MR) is 195 cm³/mol. The number of barbiturate groups is 1. The maximum atomic E-state index is 14.3. The molecule has 10 heteroatoms. The first-order chi connectivity index (χ1) is 23.3. The molecule has 246 valence electrons. The van der Waals surface area contributed by atoms with Gasteiger partial charge in [0.1, 0.15) is 5.92 Å². The van der Waals surface area contributed by atoms with Crippen LogP contribution in [-0.2, 0) is 14.3 Å². The molecule has 0 N–H and O–H groups in total. The maximum absolute atomic E-state index is 14.3. The fourth-order valence-corrected chi connectivity index (χ4v) is 9.24. The van der Waals surface area contributed by atoms with Gasteiger partial charge in [-0.1, -0.05) is 85.0 Å². The third kappa shape index (κ3) is 5.55. The number of methoxy groups -OCH3 is 1. The van der Waals surface area contributed by atoms with Crippen molar-refractivity contribution >= 4 is 74.3 Å². The molecule has 4 aromatic rings. The summed E-state index contributed by atoms with van der Waals surface area (Å²) in [6.45, 7) is 5.26. The number of rotatable bonds is 9. The number of anilines is 2. The summed E-state index contributed by atoms with van der Waals surface area (Å²) in [7, 11) is 3.57. The number of hydrogen-bond acceptors (Lipinski definition) is 8. The first-order valence-corrected chi connectivity index (χ1v) is 18.0. The Morgan fingerprint density at radius 1 is 0.771 bits per heavy atom. The number of nitrogens with zero attached hydrogens (tertiary/aromatic N) is 4. The average Bonchev–Trinajstić information content (AvgIpc) is 3.60. The van der Waals surface area contributed by atoms with Gasteiger partial charge in [-0.3, -0.25) is 19.4 Å². The number of thioether (sulfide) groups is 2. The van der Waals surface area contributed by atoms with Crippen LogP contribution in [0.15, 0.2) is 105 Å². The number of fused-ring (bicyclic) bond motifs is 5. The van der Waals surface area contributed by atoms with E-state index in [1.165, 1.54) is 16.9 Å². The van der Waals surface area contributed by atoms with E-state index < -0.39 is 29.7 Å². The van der Waals surface area contributed by atoms with Gasteiger partial charge in [-0.05, 0) is 59.9 Å². The molecule has 0 radical (unpaired) electrons. The molecule has 7 rings (SSSR count). The molecule has 0 saturated carbocycles. The second kappa shape index (κ2) is 13.3. The summed E-state index contributed by atoms with van der Waals surface area (Å²) in [5.74, 6) is -2.69. The zero-order valence-electron chi connectivity index (χ0n) is 27.5. The normalized spacial score (nSPS) is 20.2. The quantitative estimate of drug-likeness (QED) is 0.165. The van der Waals surface area contributed by atoms with Crippen LogP contribution in [-0.4, -0.2) is 68.0 Å². The number of hydrogen-bond donors (Lipinski definition) is 0. The lowest BCUT2D eigenvalue weighted by Gasteiger charge is -2.38. The van der Waals surface area contributed by atoms with E-state index in [2.05, 4.69) is 77.4 Å². The molecule has 3 aliphatic rings. The highest BCUT2D eigenvalue weighted by Crippen LogP contribution is 2.51. The average molecular weight is 679 g/mol. The van der Waals surface area contributed by atoms with Gasteiger partial charge in [0.25, 0.3) is 0 Å². The first kappa shape index (κ1) is 32.3. The molecule has 3 aliphatic heterocycles. The minimum Gasteiger partial charge on any atom is -0.383 e. The van der Waals surface area contributed by atoms with Gasteiger partial charge in [-0.25, -0.2) is 4.79 Å². The van der Waals surface area contributed by atoms with Gasteiger partial charge in [0.15, 0.2) is 0 Å². The van der Waals surface area contributed by atoms with Crippen molar-refractivity contribution < 1.29 is 19.1 Å². The van der Waals surface area contributed by atoms with E-state index in [1.54, 1.807) is 23.5 Å². The van der Waals surface area contributed by atoms with Crippen molar-refractivity contribution in [2.24, 2.45) is 11.8 Å². The van der Waals surface area contributed by atoms with Gasteiger partial charge in [0, 0.05) is 48.3 Å². The van der Waals surface area contributed by atoms with Crippen molar-refractivity contribution in [2.45, 2.75) is 30.1 Å². The Morgan fingerprint density at radius 2 is 1.42 bits per heavy atom. The summed E-state index contributed by atoms with van der Waals surface area (Å²) < 4.78 is 5.26. The first-order valence-electron chi connectivity index (χ1n) is 16.3. The Hall–Kier alpha value is -4.25. The molecule has 0 aromatic heterocycles. The molecule has 2 unspecified atom stereocenters. The van der Waals surface area contributed by atoms with Crippen LogP contribution in [0.25, 0.3) is 21.5 Å². The van der Waals surface area contributed by atoms with Gasteiger partial charge >= 0.3 is 6.03 Å². The van der Waals surface area contributed by atoms with Crippen molar-refractivity contribution in [1.29, 1.82) is 0 Å². The van der Waals surface area contributed by atoms with Crippen LogP contribution in [0.2, 0.25) is 0 Å². The molecule has 4 amide bonds. The molecule has 8 nitrogen and oxygen atoms in total. The monoisotopic (exact) mass is 678 g/mol. The number of allylic oxidation sites excluding steroid dienone is 2. The van der Waals surface area contributed by atoms with Gasteiger partial charge < -0.3 is 14.5 Å².